The molecule has 0 aliphatic carbocycles. The molecular formula is C14H21NO2. The summed E-state index contributed by atoms with van der Waals surface area (Å²) in [6, 6.07) is 8.64. The number of hydrogen-bond donors (Lipinski definition) is 1. The third-order valence-corrected chi connectivity index (χ3v) is 3.22. The van der Waals surface area contributed by atoms with E-state index in [1.807, 2.05) is 12.1 Å². The van der Waals surface area contributed by atoms with Crippen molar-refractivity contribution in [2.24, 2.45) is 0 Å². The van der Waals surface area contributed by atoms with Gasteiger partial charge in [0.2, 0.25) is 0 Å². The van der Waals surface area contributed by atoms with Gasteiger partial charge in [0.15, 0.2) is 0 Å². The van der Waals surface area contributed by atoms with Crippen LogP contribution in [-0.4, -0.2) is 25.8 Å². The first kappa shape index (κ1) is 12.4. The van der Waals surface area contributed by atoms with Gasteiger partial charge in [-0.3, -0.25) is 0 Å². The van der Waals surface area contributed by atoms with Crippen LogP contribution in [0, 0.1) is 0 Å². The molecule has 3 atom stereocenters. The second-order valence-corrected chi connectivity index (χ2v) is 4.75. The summed E-state index contributed by atoms with van der Waals surface area (Å²) in [6.07, 6.45) is 1.50. The number of nitrogens with one attached hydrogen (secondary N) is 1. The van der Waals surface area contributed by atoms with Crippen LogP contribution in [0.25, 0.3) is 0 Å². The lowest BCUT2D eigenvalue weighted by Crippen LogP contribution is -2.27. The first-order valence-corrected chi connectivity index (χ1v) is 6.22. The summed E-state index contributed by atoms with van der Waals surface area (Å²) in [5, 5.41) is 3.50. The summed E-state index contributed by atoms with van der Waals surface area (Å²) in [7, 11) is 1.68. The Bertz CT molecular complexity index is 350. The second-order valence-electron chi connectivity index (χ2n) is 4.75. The summed E-state index contributed by atoms with van der Waals surface area (Å²) in [5.41, 5.74) is 1.21. The minimum absolute atomic E-state index is 0.140. The van der Waals surface area contributed by atoms with E-state index in [0.717, 1.165) is 18.7 Å². The second kappa shape index (κ2) is 5.52. The highest BCUT2D eigenvalue weighted by Crippen LogP contribution is 2.24. The van der Waals surface area contributed by atoms with E-state index in [0.29, 0.717) is 12.1 Å². The van der Waals surface area contributed by atoms with E-state index in [9.17, 15) is 0 Å². The Balaban J connectivity index is 2.09. The zero-order valence-corrected chi connectivity index (χ0v) is 10.8. The van der Waals surface area contributed by atoms with E-state index in [1.165, 1.54) is 5.56 Å². The molecule has 1 aliphatic heterocycles. The molecular weight excluding hydrogens is 214 g/mol. The zero-order valence-electron chi connectivity index (χ0n) is 10.8. The average molecular weight is 235 g/mol. The van der Waals surface area contributed by atoms with Crippen LogP contribution in [0.3, 0.4) is 0 Å². The van der Waals surface area contributed by atoms with E-state index in [-0.39, 0.29) is 6.10 Å². The fourth-order valence-electron chi connectivity index (χ4n) is 2.29. The van der Waals surface area contributed by atoms with Crippen molar-refractivity contribution in [2.45, 2.75) is 38.5 Å². The standard InChI is InChI=1S/C14H21NO2/c1-10-8-11(2)17-14(9-15-10)12-4-6-13(16-3)7-5-12/h4-7,10-11,14-15H,8-9H2,1-3H3. The van der Waals surface area contributed by atoms with Crippen molar-refractivity contribution in [1.82, 2.24) is 5.32 Å². The Labute approximate surface area is 103 Å². The fourth-order valence-corrected chi connectivity index (χ4v) is 2.29. The van der Waals surface area contributed by atoms with Gasteiger partial charge in [-0.1, -0.05) is 12.1 Å². The molecule has 0 spiro atoms. The van der Waals surface area contributed by atoms with E-state index in [2.05, 4.69) is 31.3 Å². The molecule has 1 fully saturated rings. The molecule has 1 aromatic rings. The number of ether oxygens (including phenoxy) is 2. The van der Waals surface area contributed by atoms with Gasteiger partial charge in [-0.15, -0.1) is 0 Å². The van der Waals surface area contributed by atoms with E-state index in [1.54, 1.807) is 7.11 Å². The van der Waals surface area contributed by atoms with Crippen molar-refractivity contribution in [2.75, 3.05) is 13.7 Å². The maximum absolute atomic E-state index is 6.04. The molecule has 2 rings (SSSR count). The van der Waals surface area contributed by atoms with E-state index < -0.39 is 0 Å². The lowest BCUT2D eigenvalue weighted by Gasteiger charge is -2.19. The van der Waals surface area contributed by atoms with Gasteiger partial charge < -0.3 is 14.8 Å². The fraction of sp³-hybridized carbons (Fsp3) is 0.571. The molecule has 1 aliphatic rings. The van der Waals surface area contributed by atoms with E-state index >= 15 is 0 Å². The monoisotopic (exact) mass is 235 g/mol. The maximum atomic E-state index is 6.04. The van der Waals surface area contributed by atoms with Crippen molar-refractivity contribution in [3.8, 4) is 5.75 Å². The molecule has 1 saturated heterocycles. The zero-order chi connectivity index (χ0) is 12.3. The normalized spacial score (nSPS) is 29.7. The van der Waals surface area contributed by atoms with E-state index in [4.69, 9.17) is 9.47 Å². The minimum atomic E-state index is 0.140. The van der Waals surface area contributed by atoms with Crippen LogP contribution >= 0.6 is 0 Å². The lowest BCUT2D eigenvalue weighted by molar-refractivity contribution is 0.00716. The summed E-state index contributed by atoms with van der Waals surface area (Å²) >= 11 is 0. The van der Waals surface area contributed by atoms with Crippen molar-refractivity contribution in [3.63, 3.8) is 0 Å². The molecule has 3 nitrogen and oxygen atoms in total. The molecule has 1 heterocycles. The smallest absolute Gasteiger partial charge is 0.118 e. The molecule has 17 heavy (non-hydrogen) atoms. The molecule has 0 saturated carbocycles. The largest absolute Gasteiger partial charge is 0.497 e. The first-order valence-electron chi connectivity index (χ1n) is 6.22. The predicted molar refractivity (Wildman–Crippen MR) is 68.4 cm³/mol. The Hall–Kier alpha value is -1.06. The topological polar surface area (TPSA) is 30.5 Å². The van der Waals surface area contributed by atoms with Crippen LogP contribution in [0.4, 0.5) is 0 Å². The maximum Gasteiger partial charge on any atom is 0.118 e. The highest BCUT2D eigenvalue weighted by Gasteiger charge is 2.22. The third kappa shape index (κ3) is 3.20. The van der Waals surface area contributed by atoms with Gasteiger partial charge in [0, 0.05) is 12.6 Å². The van der Waals surface area contributed by atoms with Crippen LogP contribution in [0.1, 0.15) is 31.9 Å². The van der Waals surface area contributed by atoms with Crippen LogP contribution in [0.5, 0.6) is 5.75 Å². The average Bonchev–Trinajstić information content (AvgIpc) is 2.50. The van der Waals surface area contributed by atoms with Crippen LogP contribution in [-0.2, 0) is 4.74 Å². The molecule has 0 amide bonds. The Morgan fingerprint density at radius 3 is 2.59 bits per heavy atom. The summed E-state index contributed by atoms with van der Waals surface area (Å²) < 4.78 is 11.2. The Kier molecular flexibility index (Phi) is 4.02. The summed E-state index contributed by atoms with van der Waals surface area (Å²) in [5.74, 6) is 0.886. The van der Waals surface area contributed by atoms with Crippen molar-refractivity contribution >= 4 is 0 Å². The van der Waals surface area contributed by atoms with Gasteiger partial charge in [0.05, 0.1) is 19.3 Å². The Morgan fingerprint density at radius 2 is 1.94 bits per heavy atom. The summed E-state index contributed by atoms with van der Waals surface area (Å²) in [4.78, 5) is 0. The van der Waals surface area contributed by atoms with Gasteiger partial charge in [-0.05, 0) is 38.0 Å². The van der Waals surface area contributed by atoms with Gasteiger partial charge in [-0.2, -0.15) is 0 Å². The lowest BCUT2D eigenvalue weighted by atomic mass is 10.1. The van der Waals surface area contributed by atoms with Crippen molar-refractivity contribution < 1.29 is 9.47 Å². The molecule has 0 aromatic heterocycles. The summed E-state index contributed by atoms with van der Waals surface area (Å²) in [6.45, 7) is 5.22. The third-order valence-electron chi connectivity index (χ3n) is 3.22. The molecule has 94 valence electrons. The number of rotatable bonds is 2. The minimum Gasteiger partial charge on any atom is -0.497 e. The van der Waals surface area contributed by atoms with Gasteiger partial charge in [-0.25, -0.2) is 0 Å². The van der Waals surface area contributed by atoms with Crippen molar-refractivity contribution in [1.29, 1.82) is 0 Å². The van der Waals surface area contributed by atoms with Crippen molar-refractivity contribution in [3.05, 3.63) is 29.8 Å². The molecule has 3 unspecified atom stereocenters. The van der Waals surface area contributed by atoms with Gasteiger partial charge in [0.1, 0.15) is 5.75 Å². The van der Waals surface area contributed by atoms with Crippen LogP contribution in [0.15, 0.2) is 24.3 Å². The van der Waals surface area contributed by atoms with Crippen LogP contribution in [0.2, 0.25) is 0 Å². The predicted octanol–water partition coefficient (Wildman–Crippen LogP) is 2.52. The quantitative estimate of drug-likeness (QED) is 0.854. The highest BCUT2D eigenvalue weighted by atomic mass is 16.5. The molecule has 3 heteroatoms. The molecule has 0 radical (unpaired) electrons. The Morgan fingerprint density at radius 1 is 1.24 bits per heavy atom. The van der Waals surface area contributed by atoms with Gasteiger partial charge in [0.25, 0.3) is 0 Å². The SMILES string of the molecule is COc1ccc(C2CNC(C)CC(C)O2)cc1. The molecule has 1 N–H and O–H groups in total. The number of hydrogen-bond acceptors (Lipinski definition) is 3. The molecule has 1 aromatic carbocycles. The number of benzene rings is 1. The van der Waals surface area contributed by atoms with Gasteiger partial charge >= 0.3 is 0 Å². The highest BCUT2D eigenvalue weighted by molar-refractivity contribution is 5.28. The van der Waals surface area contributed by atoms with Crippen LogP contribution < -0.4 is 10.1 Å². The first-order chi connectivity index (χ1) is 8.19. The number of methoxy groups -OCH3 is 1. The molecule has 0 bridgehead atoms.